The lowest BCUT2D eigenvalue weighted by molar-refractivity contribution is -0.127. The quantitative estimate of drug-likeness (QED) is 0.490. The first kappa shape index (κ1) is 22.4. The number of aryl methyl sites for hydroxylation is 1. The molecule has 3 amide bonds. The van der Waals surface area contributed by atoms with Gasteiger partial charge in [0.1, 0.15) is 18.9 Å². The van der Waals surface area contributed by atoms with Crippen LogP contribution in [0.25, 0.3) is 6.08 Å². The van der Waals surface area contributed by atoms with Gasteiger partial charge in [-0.25, -0.2) is 0 Å². The fourth-order valence-corrected chi connectivity index (χ4v) is 4.05. The van der Waals surface area contributed by atoms with Gasteiger partial charge in [-0.1, -0.05) is 66.2 Å². The highest BCUT2D eigenvalue weighted by Gasteiger charge is 2.36. The number of hydrogen-bond acceptors (Lipinski definition) is 5. The predicted octanol–water partition coefficient (Wildman–Crippen LogP) is 5.25. The lowest BCUT2D eigenvalue weighted by atomic mass is 10.1. The van der Waals surface area contributed by atoms with Crippen LogP contribution in [0.3, 0.4) is 0 Å². The fraction of sp³-hybridized carbons (Fsp3) is 0.115. The topological polar surface area (TPSA) is 75.7 Å². The van der Waals surface area contributed by atoms with Gasteiger partial charge in [-0.2, -0.15) is 0 Å². The molecule has 33 heavy (non-hydrogen) atoms. The van der Waals surface area contributed by atoms with Gasteiger partial charge in [-0.3, -0.25) is 19.3 Å². The molecule has 4 rings (SSSR count). The smallest absolute Gasteiger partial charge is 0.294 e. The van der Waals surface area contributed by atoms with Gasteiger partial charge in [-0.05, 0) is 48.5 Å². The zero-order valence-corrected chi connectivity index (χ0v) is 18.8. The van der Waals surface area contributed by atoms with Crippen LogP contribution >= 0.6 is 11.8 Å². The van der Waals surface area contributed by atoms with Crippen molar-refractivity contribution < 1.29 is 19.1 Å². The lowest BCUT2D eigenvalue weighted by Gasteiger charge is -2.12. The minimum absolute atomic E-state index is 0.249. The molecule has 3 aromatic rings. The van der Waals surface area contributed by atoms with E-state index in [-0.39, 0.29) is 11.4 Å². The molecule has 0 bridgehead atoms. The van der Waals surface area contributed by atoms with Gasteiger partial charge in [0.2, 0.25) is 5.91 Å². The number of carbonyl (C=O) groups excluding carboxylic acids is 3. The molecule has 6 nitrogen and oxygen atoms in total. The molecule has 1 fully saturated rings. The molecule has 0 unspecified atom stereocenters. The number of thioether (sulfide) groups is 1. The number of imide groups is 1. The number of rotatable bonds is 7. The van der Waals surface area contributed by atoms with Crippen LogP contribution in [0, 0.1) is 6.92 Å². The molecule has 7 heteroatoms. The van der Waals surface area contributed by atoms with E-state index < -0.39 is 17.1 Å². The average Bonchev–Trinajstić information content (AvgIpc) is 3.08. The Bertz CT molecular complexity index is 1210. The third-order valence-corrected chi connectivity index (χ3v) is 5.86. The van der Waals surface area contributed by atoms with Crippen LogP contribution in [0.4, 0.5) is 10.5 Å². The van der Waals surface area contributed by atoms with Crippen molar-refractivity contribution in [1.29, 1.82) is 0 Å². The van der Waals surface area contributed by atoms with Crippen molar-refractivity contribution in [2.45, 2.75) is 13.5 Å². The summed E-state index contributed by atoms with van der Waals surface area (Å²) in [6, 6.07) is 24.4. The Labute approximate surface area is 196 Å². The standard InChI is InChI=1S/C26H22N2O4S/c1-18-11-13-21(14-12-18)27-24(29)16-28-25(30)23(33-26(28)31)15-20-9-5-6-10-22(20)32-17-19-7-3-2-4-8-19/h2-15H,16-17H2,1H3,(H,27,29)/b23-15-. The van der Waals surface area contributed by atoms with E-state index in [2.05, 4.69) is 5.32 Å². The van der Waals surface area contributed by atoms with E-state index in [1.165, 1.54) is 0 Å². The van der Waals surface area contributed by atoms with Crippen LogP contribution in [0.1, 0.15) is 16.7 Å². The van der Waals surface area contributed by atoms with Crippen molar-refractivity contribution in [3.63, 3.8) is 0 Å². The normalized spacial score (nSPS) is 14.6. The Morgan fingerprint density at radius 3 is 2.42 bits per heavy atom. The first-order valence-electron chi connectivity index (χ1n) is 10.4. The van der Waals surface area contributed by atoms with Gasteiger partial charge in [-0.15, -0.1) is 0 Å². The molecule has 0 aromatic heterocycles. The van der Waals surface area contributed by atoms with Crippen LogP contribution in [-0.2, 0) is 16.2 Å². The number of carbonyl (C=O) groups is 3. The van der Waals surface area contributed by atoms with Crippen molar-refractivity contribution in [2.75, 3.05) is 11.9 Å². The Balaban J connectivity index is 1.44. The Morgan fingerprint density at radius 2 is 1.67 bits per heavy atom. The summed E-state index contributed by atoms with van der Waals surface area (Å²) in [5.74, 6) is -0.332. The first-order valence-corrected chi connectivity index (χ1v) is 11.2. The van der Waals surface area contributed by atoms with E-state index in [0.29, 0.717) is 23.6 Å². The number of para-hydroxylation sites is 1. The number of amides is 3. The zero-order chi connectivity index (χ0) is 23.2. The van der Waals surface area contributed by atoms with E-state index in [0.717, 1.165) is 27.8 Å². The maximum atomic E-state index is 12.8. The molecule has 0 spiro atoms. The Hall–Kier alpha value is -3.84. The molecule has 0 radical (unpaired) electrons. The van der Waals surface area contributed by atoms with Gasteiger partial charge < -0.3 is 10.1 Å². The number of nitrogens with zero attached hydrogens (tertiary/aromatic N) is 1. The van der Waals surface area contributed by atoms with Crippen LogP contribution in [-0.4, -0.2) is 28.5 Å². The molecule has 0 saturated carbocycles. The summed E-state index contributed by atoms with van der Waals surface area (Å²) in [4.78, 5) is 38.8. The predicted molar refractivity (Wildman–Crippen MR) is 130 cm³/mol. The van der Waals surface area contributed by atoms with Gasteiger partial charge in [0.15, 0.2) is 0 Å². The lowest BCUT2D eigenvalue weighted by Crippen LogP contribution is -2.36. The van der Waals surface area contributed by atoms with Crippen LogP contribution in [0.2, 0.25) is 0 Å². The molecule has 1 N–H and O–H groups in total. The summed E-state index contributed by atoms with van der Waals surface area (Å²) in [6.45, 7) is 1.98. The molecule has 0 aliphatic carbocycles. The van der Waals surface area contributed by atoms with Crippen LogP contribution in [0.5, 0.6) is 5.75 Å². The summed E-state index contributed by atoms with van der Waals surface area (Å²) in [5, 5.41) is 2.23. The highest BCUT2D eigenvalue weighted by molar-refractivity contribution is 8.18. The second-order valence-corrected chi connectivity index (χ2v) is 8.49. The molecule has 3 aromatic carbocycles. The number of anilines is 1. The van der Waals surface area contributed by atoms with Crippen molar-refractivity contribution in [1.82, 2.24) is 4.90 Å². The Kier molecular flexibility index (Phi) is 6.90. The molecule has 1 heterocycles. The van der Waals surface area contributed by atoms with Gasteiger partial charge >= 0.3 is 0 Å². The number of benzene rings is 3. The van der Waals surface area contributed by atoms with Crippen molar-refractivity contribution in [3.8, 4) is 5.75 Å². The van der Waals surface area contributed by atoms with Gasteiger partial charge in [0, 0.05) is 11.3 Å². The second kappa shape index (κ2) is 10.2. The largest absolute Gasteiger partial charge is 0.488 e. The molecule has 1 saturated heterocycles. The zero-order valence-electron chi connectivity index (χ0n) is 18.0. The molecule has 0 atom stereocenters. The average molecular weight is 459 g/mol. The number of ether oxygens (including phenoxy) is 1. The SMILES string of the molecule is Cc1ccc(NC(=O)CN2C(=O)S/C(=C\c3ccccc3OCc3ccccc3)C2=O)cc1. The molecular weight excluding hydrogens is 436 g/mol. The maximum absolute atomic E-state index is 12.8. The number of nitrogens with one attached hydrogen (secondary N) is 1. The monoisotopic (exact) mass is 458 g/mol. The van der Waals surface area contributed by atoms with Crippen molar-refractivity contribution in [3.05, 3.63) is 100 Å². The minimum atomic E-state index is -0.498. The molecular formula is C26H22N2O4S. The van der Waals surface area contributed by atoms with Gasteiger partial charge in [0.05, 0.1) is 4.91 Å². The van der Waals surface area contributed by atoms with Crippen molar-refractivity contribution >= 4 is 40.6 Å². The van der Waals surface area contributed by atoms with Crippen LogP contribution in [0.15, 0.2) is 83.8 Å². The summed E-state index contributed by atoms with van der Waals surface area (Å²) >= 11 is 0.813. The van der Waals surface area contributed by atoms with E-state index in [1.807, 2.05) is 73.7 Å². The summed E-state index contributed by atoms with van der Waals surface area (Å²) in [6.07, 6.45) is 1.63. The number of hydrogen-bond donors (Lipinski definition) is 1. The highest BCUT2D eigenvalue weighted by Crippen LogP contribution is 2.34. The minimum Gasteiger partial charge on any atom is -0.488 e. The maximum Gasteiger partial charge on any atom is 0.294 e. The van der Waals surface area contributed by atoms with E-state index in [1.54, 1.807) is 18.2 Å². The van der Waals surface area contributed by atoms with Crippen molar-refractivity contribution in [2.24, 2.45) is 0 Å². The summed E-state index contributed by atoms with van der Waals surface area (Å²) in [7, 11) is 0. The first-order chi connectivity index (χ1) is 16.0. The molecule has 1 aliphatic rings. The fourth-order valence-electron chi connectivity index (χ4n) is 3.23. The van der Waals surface area contributed by atoms with Crippen LogP contribution < -0.4 is 10.1 Å². The molecule has 166 valence electrons. The summed E-state index contributed by atoms with van der Waals surface area (Å²) < 4.78 is 5.93. The molecule has 1 aliphatic heterocycles. The Morgan fingerprint density at radius 1 is 0.970 bits per heavy atom. The summed E-state index contributed by atoms with van der Waals surface area (Å²) in [5.41, 5.74) is 3.38. The highest BCUT2D eigenvalue weighted by atomic mass is 32.2. The third-order valence-electron chi connectivity index (χ3n) is 4.95. The third kappa shape index (κ3) is 5.70. The van der Waals surface area contributed by atoms with E-state index >= 15 is 0 Å². The second-order valence-electron chi connectivity index (χ2n) is 7.49. The van der Waals surface area contributed by atoms with E-state index in [4.69, 9.17) is 4.74 Å². The van der Waals surface area contributed by atoms with Gasteiger partial charge in [0.25, 0.3) is 11.1 Å². The van der Waals surface area contributed by atoms with E-state index in [9.17, 15) is 14.4 Å².